The van der Waals surface area contributed by atoms with E-state index >= 15 is 0 Å². The molecule has 1 fully saturated rings. The van der Waals surface area contributed by atoms with E-state index in [0.717, 1.165) is 48.9 Å². The van der Waals surface area contributed by atoms with Crippen molar-refractivity contribution in [2.24, 2.45) is 0 Å². The summed E-state index contributed by atoms with van der Waals surface area (Å²) in [5.74, 6) is 1.35. The maximum atomic E-state index is 11.0. The third-order valence-electron chi connectivity index (χ3n) is 5.80. The molecule has 0 aliphatic carbocycles. The van der Waals surface area contributed by atoms with E-state index in [9.17, 15) is 10.1 Å². The lowest BCUT2D eigenvalue weighted by Crippen LogP contribution is -2.46. The number of aryl methyl sites for hydroxylation is 1. The second-order valence-electron chi connectivity index (χ2n) is 7.73. The summed E-state index contributed by atoms with van der Waals surface area (Å²) in [4.78, 5) is 15.0. The Morgan fingerprint density at radius 2 is 1.79 bits per heavy atom. The number of hydrogen-bond donors (Lipinski definition) is 0. The summed E-state index contributed by atoms with van der Waals surface area (Å²) in [7, 11) is 3.23. The molecular weight excluding hydrogens is 448 g/mol. The van der Waals surface area contributed by atoms with Gasteiger partial charge in [-0.2, -0.15) is 0 Å². The number of hydrogen-bond acceptors (Lipinski definition) is 8. The van der Waals surface area contributed by atoms with Crippen molar-refractivity contribution < 1.29 is 14.4 Å². The fraction of sp³-hybridized carbons (Fsp3) is 0.364. The number of ether oxygens (including phenoxy) is 2. The van der Waals surface area contributed by atoms with Crippen LogP contribution in [0.1, 0.15) is 11.4 Å². The first-order chi connectivity index (χ1) is 15.9. The van der Waals surface area contributed by atoms with Crippen LogP contribution in [-0.2, 0) is 6.54 Å². The van der Waals surface area contributed by atoms with Gasteiger partial charge in [0.15, 0.2) is 0 Å². The van der Waals surface area contributed by atoms with Gasteiger partial charge in [0.25, 0.3) is 5.69 Å². The summed E-state index contributed by atoms with van der Waals surface area (Å²) in [5, 5.41) is 20.0. The highest BCUT2D eigenvalue weighted by molar-refractivity contribution is 6.33. The maximum absolute atomic E-state index is 11.0. The highest BCUT2D eigenvalue weighted by Gasteiger charge is 2.23. The minimum atomic E-state index is -0.440. The molecule has 0 saturated carbocycles. The zero-order chi connectivity index (χ0) is 23.5. The fourth-order valence-electron chi connectivity index (χ4n) is 3.94. The lowest BCUT2D eigenvalue weighted by Gasteiger charge is -2.36. The molecule has 0 amide bonds. The minimum Gasteiger partial charge on any atom is -0.497 e. The summed E-state index contributed by atoms with van der Waals surface area (Å²) >= 11 is 6.32. The van der Waals surface area contributed by atoms with Crippen molar-refractivity contribution >= 4 is 23.0 Å². The predicted octanol–water partition coefficient (Wildman–Crippen LogP) is 3.48. The van der Waals surface area contributed by atoms with Gasteiger partial charge in [-0.05, 0) is 25.1 Å². The first kappa shape index (κ1) is 22.8. The van der Waals surface area contributed by atoms with Crippen LogP contribution in [0.15, 0.2) is 36.4 Å². The largest absolute Gasteiger partial charge is 0.497 e. The number of nitrogens with zero attached hydrogens (tertiary/aromatic N) is 6. The van der Waals surface area contributed by atoms with E-state index in [1.165, 1.54) is 12.1 Å². The van der Waals surface area contributed by atoms with Gasteiger partial charge in [0.05, 0.1) is 41.2 Å². The molecule has 10 nitrogen and oxygen atoms in total. The third-order valence-corrected chi connectivity index (χ3v) is 6.10. The molecule has 33 heavy (non-hydrogen) atoms. The smallest absolute Gasteiger partial charge is 0.271 e. The van der Waals surface area contributed by atoms with Gasteiger partial charge in [0, 0.05) is 50.9 Å². The molecule has 1 aliphatic heterocycles. The Kier molecular flexibility index (Phi) is 6.66. The van der Waals surface area contributed by atoms with Gasteiger partial charge in [-0.25, -0.2) is 4.68 Å². The lowest BCUT2D eigenvalue weighted by molar-refractivity contribution is -0.384. The van der Waals surface area contributed by atoms with Crippen LogP contribution in [0.25, 0.3) is 5.69 Å². The number of nitro benzene ring substituents is 1. The molecule has 0 atom stereocenters. The number of halogens is 1. The van der Waals surface area contributed by atoms with E-state index in [1.54, 1.807) is 20.3 Å². The summed E-state index contributed by atoms with van der Waals surface area (Å²) in [5.41, 5.74) is 3.44. The lowest BCUT2D eigenvalue weighted by atomic mass is 10.2. The average molecular weight is 473 g/mol. The highest BCUT2D eigenvalue weighted by Crippen LogP contribution is 2.31. The van der Waals surface area contributed by atoms with E-state index < -0.39 is 4.92 Å². The van der Waals surface area contributed by atoms with Crippen LogP contribution in [-0.4, -0.2) is 65.2 Å². The van der Waals surface area contributed by atoms with Gasteiger partial charge < -0.3 is 14.4 Å². The second kappa shape index (κ2) is 9.63. The van der Waals surface area contributed by atoms with Crippen LogP contribution in [0.3, 0.4) is 0 Å². The molecule has 2 aromatic carbocycles. The van der Waals surface area contributed by atoms with Gasteiger partial charge in [-0.3, -0.25) is 15.0 Å². The van der Waals surface area contributed by atoms with E-state index in [2.05, 4.69) is 20.1 Å². The first-order valence-electron chi connectivity index (χ1n) is 10.5. The minimum absolute atomic E-state index is 0.00687. The van der Waals surface area contributed by atoms with Crippen molar-refractivity contribution in [3.05, 3.63) is 62.9 Å². The molecule has 3 aromatic rings. The topological polar surface area (TPSA) is 98.8 Å². The number of methoxy groups -OCH3 is 2. The molecule has 1 aromatic heterocycles. The number of rotatable bonds is 7. The Bertz CT molecular complexity index is 1160. The van der Waals surface area contributed by atoms with Crippen LogP contribution < -0.4 is 14.4 Å². The van der Waals surface area contributed by atoms with Gasteiger partial charge in [-0.1, -0.05) is 16.8 Å². The monoisotopic (exact) mass is 472 g/mol. The first-order valence-corrected chi connectivity index (χ1v) is 10.8. The molecule has 11 heteroatoms. The molecule has 174 valence electrons. The number of aromatic nitrogens is 3. The van der Waals surface area contributed by atoms with E-state index in [-0.39, 0.29) is 5.69 Å². The fourth-order valence-corrected chi connectivity index (χ4v) is 4.23. The SMILES string of the molecule is COc1ccc(-n2nnc(C)c2CN2CCN(c3ccc([N+](=O)[O-])cc3Cl)CC2)c(OC)c1. The molecule has 1 saturated heterocycles. The molecule has 2 heterocycles. The molecule has 0 N–H and O–H groups in total. The van der Waals surface area contributed by atoms with Crippen molar-refractivity contribution in [3.63, 3.8) is 0 Å². The van der Waals surface area contributed by atoms with E-state index in [0.29, 0.717) is 23.1 Å². The number of piperazine rings is 1. The van der Waals surface area contributed by atoms with Crippen molar-refractivity contribution in [2.45, 2.75) is 13.5 Å². The van der Waals surface area contributed by atoms with Crippen LogP contribution in [0.2, 0.25) is 5.02 Å². The molecule has 0 unspecified atom stereocenters. The van der Waals surface area contributed by atoms with Crippen molar-refractivity contribution in [3.8, 4) is 17.2 Å². The summed E-state index contributed by atoms with van der Waals surface area (Å²) in [6, 6.07) is 10.2. The van der Waals surface area contributed by atoms with Crippen molar-refractivity contribution in [2.75, 3.05) is 45.3 Å². The Morgan fingerprint density at radius 3 is 2.42 bits per heavy atom. The quantitative estimate of drug-likeness (QED) is 0.380. The van der Waals surface area contributed by atoms with Crippen LogP contribution >= 0.6 is 11.6 Å². The Hall–Kier alpha value is -3.37. The van der Waals surface area contributed by atoms with Gasteiger partial charge in [-0.15, -0.1) is 5.10 Å². The predicted molar refractivity (Wildman–Crippen MR) is 125 cm³/mol. The zero-order valence-corrected chi connectivity index (χ0v) is 19.4. The zero-order valence-electron chi connectivity index (χ0n) is 18.7. The average Bonchev–Trinajstić information content (AvgIpc) is 3.18. The van der Waals surface area contributed by atoms with Crippen molar-refractivity contribution in [1.29, 1.82) is 0 Å². The standard InChI is InChI=1S/C22H25ClN6O4/c1-15-21(28(25-24-15)20-7-5-17(32-2)13-22(20)33-3)14-26-8-10-27(11-9-26)19-6-4-16(29(30)31)12-18(19)23/h4-7,12-13H,8-11,14H2,1-3H3. The molecule has 4 rings (SSSR count). The normalized spacial score (nSPS) is 14.4. The molecular formula is C22H25ClN6O4. The van der Waals surface area contributed by atoms with E-state index in [4.69, 9.17) is 21.1 Å². The molecule has 0 spiro atoms. The number of nitro groups is 1. The van der Waals surface area contributed by atoms with Crippen LogP contribution in [0, 0.1) is 17.0 Å². The van der Waals surface area contributed by atoms with Gasteiger partial charge >= 0.3 is 0 Å². The van der Waals surface area contributed by atoms with Gasteiger partial charge in [0.1, 0.15) is 17.2 Å². The van der Waals surface area contributed by atoms with Gasteiger partial charge in [0.2, 0.25) is 0 Å². The Labute approximate surface area is 196 Å². The van der Waals surface area contributed by atoms with Crippen molar-refractivity contribution in [1.82, 2.24) is 19.9 Å². The number of non-ortho nitro benzene ring substituents is 1. The highest BCUT2D eigenvalue weighted by atomic mass is 35.5. The molecule has 0 bridgehead atoms. The molecule has 1 aliphatic rings. The summed E-state index contributed by atoms with van der Waals surface area (Å²) in [6.45, 7) is 5.74. The van der Waals surface area contributed by atoms with Crippen LogP contribution in [0.5, 0.6) is 11.5 Å². The number of benzene rings is 2. The molecule has 0 radical (unpaired) electrons. The van der Waals surface area contributed by atoms with Crippen LogP contribution in [0.4, 0.5) is 11.4 Å². The number of anilines is 1. The van der Waals surface area contributed by atoms with E-state index in [1.807, 2.05) is 29.8 Å². The third kappa shape index (κ3) is 4.71. The summed E-state index contributed by atoms with van der Waals surface area (Å²) in [6.07, 6.45) is 0. The second-order valence-corrected chi connectivity index (χ2v) is 8.13. The summed E-state index contributed by atoms with van der Waals surface area (Å²) < 4.78 is 12.7. The Morgan fingerprint density at radius 1 is 1.06 bits per heavy atom. The Balaban J connectivity index is 1.48. The maximum Gasteiger partial charge on any atom is 0.271 e.